The van der Waals surface area contributed by atoms with Crippen LogP contribution in [0.4, 0.5) is 0 Å². The first-order valence-corrected chi connectivity index (χ1v) is 9.24. The first-order valence-electron chi connectivity index (χ1n) is 8.86. The number of benzene rings is 1. The molecule has 0 amide bonds. The van der Waals surface area contributed by atoms with Crippen molar-refractivity contribution in [3.63, 3.8) is 0 Å². The van der Waals surface area contributed by atoms with Gasteiger partial charge in [0, 0.05) is 36.9 Å². The van der Waals surface area contributed by atoms with Crippen LogP contribution in [-0.2, 0) is 13.0 Å². The first-order chi connectivity index (χ1) is 12.1. The summed E-state index contributed by atoms with van der Waals surface area (Å²) in [5, 5.41) is 11.9. The van der Waals surface area contributed by atoms with Crippen LogP contribution in [0.25, 0.3) is 0 Å². The second-order valence-electron chi connectivity index (χ2n) is 6.03. The minimum atomic E-state index is 0. The molecule has 1 heterocycles. The van der Waals surface area contributed by atoms with E-state index in [2.05, 4.69) is 46.7 Å². The number of nitrogens with zero attached hydrogens (tertiary/aromatic N) is 3. The summed E-state index contributed by atoms with van der Waals surface area (Å²) in [6.45, 7) is 9.48. The molecule has 2 N–H and O–H groups in total. The van der Waals surface area contributed by atoms with Crippen LogP contribution in [-0.4, -0.2) is 35.4 Å². The second-order valence-corrected chi connectivity index (χ2v) is 6.44. The van der Waals surface area contributed by atoms with Gasteiger partial charge in [-0.15, -0.1) is 24.0 Å². The summed E-state index contributed by atoms with van der Waals surface area (Å²) in [6, 6.07) is 10.0. The molecule has 144 valence electrons. The molecular weight excluding hydrogens is 461 g/mol. The molecule has 2 aromatic rings. The zero-order chi connectivity index (χ0) is 18.1. The van der Waals surface area contributed by atoms with E-state index >= 15 is 0 Å². The molecule has 0 saturated heterocycles. The van der Waals surface area contributed by atoms with Crippen LogP contribution >= 0.6 is 35.6 Å². The van der Waals surface area contributed by atoms with E-state index in [1.165, 1.54) is 5.69 Å². The third-order valence-corrected chi connectivity index (χ3v) is 4.26. The Kier molecular flexibility index (Phi) is 10.7. The maximum atomic E-state index is 6.19. The predicted octanol–water partition coefficient (Wildman–Crippen LogP) is 3.96. The Balaban J connectivity index is 0.00000338. The van der Waals surface area contributed by atoms with Crippen molar-refractivity contribution < 1.29 is 0 Å². The fraction of sp³-hybridized carbons (Fsp3) is 0.474. The van der Waals surface area contributed by atoms with Gasteiger partial charge in [0.25, 0.3) is 0 Å². The molecule has 0 aliphatic carbocycles. The molecule has 1 aromatic carbocycles. The number of guanidine groups is 1. The number of hydrogen-bond donors (Lipinski definition) is 2. The smallest absolute Gasteiger partial charge is 0.191 e. The highest BCUT2D eigenvalue weighted by Crippen LogP contribution is 2.14. The predicted molar refractivity (Wildman–Crippen MR) is 121 cm³/mol. The topological polar surface area (TPSA) is 54.2 Å². The third-order valence-electron chi connectivity index (χ3n) is 3.89. The summed E-state index contributed by atoms with van der Waals surface area (Å²) >= 11 is 6.19. The number of rotatable bonds is 8. The fourth-order valence-electron chi connectivity index (χ4n) is 2.67. The highest BCUT2D eigenvalue weighted by Gasteiger charge is 2.02. The lowest BCUT2D eigenvalue weighted by Gasteiger charge is -2.12. The molecule has 0 aliphatic heterocycles. The molecule has 7 heteroatoms. The van der Waals surface area contributed by atoms with E-state index in [0.717, 1.165) is 61.3 Å². The van der Waals surface area contributed by atoms with Gasteiger partial charge in [0.1, 0.15) is 0 Å². The Bertz CT molecular complexity index is 699. The van der Waals surface area contributed by atoms with Gasteiger partial charge in [0.2, 0.25) is 0 Å². The summed E-state index contributed by atoms with van der Waals surface area (Å²) in [6.07, 6.45) is 1.83. The van der Waals surface area contributed by atoms with Crippen LogP contribution in [0.15, 0.2) is 35.3 Å². The van der Waals surface area contributed by atoms with Crippen LogP contribution in [0.2, 0.25) is 5.02 Å². The lowest BCUT2D eigenvalue weighted by molar-refractivity contribution is 0.567. The molecule has 2 rings (SSSR count). The van der Waals surface area contributed by atoms with E-state index in [1.807, 2.05) is 29.8 Å². The van der Waals surface area contributed by atoms with E-state index in [1.54, 1.807) is 0 Å². The van der Waals surface area contributed by atoms with E-state index in [0.29, 0.717) is 0 Å². The van der Waals surface area contributed by atoms with Crippen LogP contribution in [0, 0.1) is 13.8 Å². The van der Waals surface area contributed by atoms with E-state index < -0.39 is 0 Å². The highest BCUT2D eigenvalue weighted by atomic mass is 127. The van der Waals surface area contributed by atoms with Crippen LogP contribution in [0.1, 0.15) is 30.3 Å². The zero-order valence-electron chi connectivity index (χ0n) is 15.8. The Morgan fingerprint density at radius 3 is 2.65 bits per heavy atom. The van der Waals surface area contributed by atoms with E-state index in [-0.39, 0.29) is 24.0 Å². The van der Waals surface area contributed by atoms with Crippen LogP contribution < -0.4 is 10.6 Å². The fourth-order valence-corrected chi connectivity index (χ4v) is 2.90. The molecule has 0 aliphatic rings. The van der Waals surface area contributed by atoms with Gasteiger partial charge in [-0.2, -0.15) is 5.10 Å². The molecule has 26 heavy (non-hydrogen) atoms. The van der Waals surface area contributed by atoms with Crippen molar-refractivity contribution in [1.29, 1.82) is 0 Å². The quantitative estimate of drug-likeness (QED) is 0.255. The Labute approximate surface area is 178 Å². The molecule has 0 atom stereocenters. The van der Waals surface area contributed by atoms with Crippen molar-refractivity contribution >= 4 is 41.5 Å². The molecular formula is C19H29ClIN5. The van der Waals surface area contributed by atoms with Crippen molar-refractivity contribution in [3.05, 3.63) is 52.3 Å². The number of nitrogens with one attached hydrogen (secondary N) is 2. The summed E-state index contributed by atoms with van der Waals surface area (Å²) in [5.41, 5.74) is 3.42. The normalized spacial score (nSPS) is 11.2. The monoisotopic (exact) mass is 489 g/mol. The summed E-state index contributed by atoms with van der Waals surface area (Å²) < 4.78 is 2.04. The van der Waals surface area contributed by atoms with Gasteiger partial charge >= 0.3 is 0 Å². The van der Waals surface area contributed by atoms with Gasteiger partial charge in [-0.05, 0) is 51.3 Å². The number of aryl methyl sites for hydroxylation is 3. The first kappa shape index (κ1) is 22.8. The standard InChI is InChI=1S/C19H28ClN5.HI/c1-4-21-19(23-12-10-17-8-5-6-9-18(17)20)22-11-7-13-25-16(3)14-15(2)24-25;/h5-6,8-9,14H,4,7,10-13H2,1-3H3,(H2,21,22,23);1H. The van der Waals surface area contributed by atoms with Gasteiger partial charge in [0.05, 0.1) is 5.69 Å². The summed E-state index contributed by atoms with van der Waals surface area (Å²) in [7, 11) is 0. The highest BCUT2D eigenvalue weighted by molar-refractivity contribution is 14.0. The van der Waals surface area contributed by atoms with Gasteiger partial charge in [-0.3, -0.25) is 9.67 Å². The van der Waals surface area contributed by atoms with Gasteiger partial charge in [-0.25, -0.2) is 0 Å². The molecule has 0 bridgehead atoms. The van der Waals surface area contributed by atoms with E-state index in [4.69, 9.17) is 11.6 Å². The van der Waals surface area contributed by atoms with E-state index in [9.17, 15) is 0 Å². The Morgan fingerprint density at radius 2 is 2.00 bits per heavy atom. The van der Waals surface area contributed by atoms with Gasteiger partial charge in [0.15, 0.2) is 5.96 Å². The molecule has 0 radical (unpaired) electrons. The Morgan fingerprint density at radius 1 is 1.23 bits per heavy atom. The maximum Gasteiger partial charge on any atom is 0.191 e. The lowest BCUT2D eigenvalue weighted by atomic mass is 10.1. The molecule has 5 nitrogen and oxygen atoms in total. The van der Waals surface area contributed by atoms with Crippen molar-refractivity contribution in [2.75, 3.05) is 19.6 Å². The van der Waals surface area contributed by atoms with Crippen molar-refractivity contribution in [2.45, 2.75) is 40.2 Å². The SMILES string of the molecule is CCNC(=NCCCn1nc(C)cc1C)NCCc1ccccc1Cl.I. The average Bonchev–Trinajstić information content (AvgIpc) is 2.90. The van der Waals surface area contributed by atoms with Crippen molar-refractivity contribution in [3.8, 4) is 0 Å². The van der Waals surface area contributed by atoms with Gasteiger partial charge < -0.3 is 10.6 Å². The van der Waals surface area contributed by atoms with Gasteiger partial charge in [-0.1, -0.05) is 29.8 Å². The molecule has 0 saturated carbocycles. The van der Waals surface area contributed by atoms with Crippen molar-refractivity contribution in [1.82, 2.24) is 20.4 Å². The summed E-state index contributed by atoms with van der Waals surface area (Å²) in [5.74, 6) is 0.850. The molecule has 1 aromatic heterocycles. The Hall–Kier alpha value is -1.28. The average molecular weight is 490 g/mol. The van der Waals surface area contributed by atoms with Crippen molar-refractivity contribution in [2.24, 2.45) is 4.99 Å². The summed E-state index contributed by atoms with van der Waals surface area (Å²) in [4.78, 5) is 4.64. The maximum absolute atomic E-state index is 6.19. The minimum absolute atomic E-state index is 0. The largest absolute Gasteiger partial charge is 0.357 e. The third kappa shape index (κ3) is 7.53. The molecule has 0 spiro atoms. The number of aromatic nitrogens is 2. The zero-order valence-corrected chi connectivity index (χ0v) is 18.8. The van der Waals surface area contributed by atoms with Crippen LogP contribution in [0.5, 0.6) is 0 Å². The number of aliphatic imine (C=N–C) groups is 1. The lowest BCUT2D eigenvalue weighted by Crippen LogP contribution is -2.38. The minimum Gasteiger partial charge on any atom is -0.357 e. The second kappa shape index (κ2) is 12.2. The molecule has 0 unspecified atom stereocenters. The van der Waals surface area contributed by atoms with Crippen LogP contribution in [0.3, 0.4) is 0 Å². The number of hydrogen-bond acceptors (Lipinski definition) is 2. The molecule has 0 fully saturated rings. The number of halogens is 2.